The summed E-state index contributed by atoms with van der Waals surface area (Å²) in [4.78, 5) is 69.9. The van der Waals surface area contributed by atoms with Crippen molar-refractivity contribution >= 4 is 40.6 Å². The minimum absolute atomic E-state index is 0.00597. The van der Waals surface area contributed by atoms with Crippen molar-refractivity contribution in [3.8, 4) is 5.75 Å². The number of amides is 1. The summed E-state index contributed by atoms with van der Waals surface area (Å²) in [5.74, 6) is -9.98. The molecule has 0 aliphatic heterocycles. The van der Waals surface area contributed by atoms with Crippen molar-refractivity contribution in [2.75, 3.05) is 27.2 Å². The molecule has 0 spiro atoms. The number of nitrogens with two attached hydrogens (primary N) is 1. The summed E-state index contributed by atoms with van der Waals surface area (Å²) in [7, 11) is 3.11. The number of rotatable bonds is 7. The van der Waals surface area contributed by atoms with Crippen molar-refractivity contribution in [2.24, 2.45) is 35.3 Å². The van der Waals surface area contributed by atoms with Gasteiger partial charge >= 0.3 is 0 Å². The van der Waals surface area contributed by atoms with Gasteiger partial charge in [0.25, 0.3) is 0 Å². The van der Waals surface area contributed by atoms with Gasteiger partial charge in [-0.05, 0) is 75.4 Å². The number of likely N-dealkylation sites (N-methyl/N-ethyl adjacent to an activating group) is 1. The molecule has 11 heteroatoms. The van der Waals surface area contributed by atoms with Gasteiger partial charge in [0, 0.05) is 24.0 Å². The molecule has 39 heavy (non-hydrogen) atoms. The molecule has 1 aromatic carbocycles. The molecule has 4 aliphatic carbocycles. The maximum absolute atomic E-state index is 13.9. The Morgan fingerprint density at radius 1 is 1.18 bits per heavy atom. The molecule has 4 aliphatic rings. The Balaban J connectivity index is 1.55. The Morgan fingerprint density at radius 2 is 1.85 bits per heavy atom. The first-order valence-electron chi connectivity index (χ1n) is 13.4. The molecule has 3 fully saturated rings. The highest BCUT2D eigenvalue weighted by atomic mass is 35.5. The van der Waals surface area contributed by atoms with E-state index in [0.717, 1.165) is 13.1 Å². The number of fused-ring (bicyclic) bond motifs is 3. The average Bonchev–Trinajstić information content (AvgIpc) is 3.67. The first-order valence-corrected chi connectivity index (χ1v) is 13.8. The number of halogens is 1. The predicted octanol–water partition coefficient (Wildman–Crippen LogP) is 0.752. The van der Waals surface area contributed by atoms with Gasteiger partial charge < -0.3 is 15.9 Å². The number of primary amides is 1. The van der Waals surface area contributed by atoms with E-state index in [9.17, 15) is 34.2 Å². The number of ketones is 4. The fraction of sp³-hybridized carbons (Fsp3) is 0.607. The zero-order chi connectivity index (χ0) is 28.5. The van der Waals surface area contributed by atoms with Gasteiger partial charge in [-0.3, -0.25) is 33.8 Å². The van der Waals surface area contributed by atoms with Crippen molar-refractivity contribution < 1.29 is 34.2 Å². The minimum atomic E-state index is -2.74. The summed E-state index contributed by atoms with van der Waals surface area (Å²) in [6, 6.07) is 0.317. The lowest BCUT2D eigenvalue weighted by atomic mass is 9.52. The Kier molecular flexibility index (Phi) is 6.98. The number of aromatic hydroxyl groups is 1. The van der Waals surface area contributed by atoms with Crippen LogP contribution in [0.1, 0.15) is 47.7 Å². The summed E-state index contributed by atoms with van der Waals surface area (Å²) >= 11 is 6.84. The van der Waals surface area contributed by atoms with E-state index >= 15 is 0 Å². The van der Waals surface area contributed by atoms with Crippen LogP contribution in [0.15, 0.2) is 6.07 Å². The molecule has 1 aromatic rings. The fourth-order valence-electron chi connectivity index (χ4n) is 7.03. The Bertz CT molecular complexity index is 1290. The zero-order valence-corrected chi connectivity index (χ0v) is 23.0. The van der Waals surface area contributed by atoms with Gasteiger partial charge in [0.05, 0.1) is 17.5 Å². The van der Waals surface area contributed by atoms with Crippen molar-refractivity contribution in [1.29, 1.82) is 0 Å². The number of hydrogen-bond donors (Lipinski definition) is 3. The zero-order valence-electron chi connectivity index (χ0n) is 22.3. The predicted molar refractivity (Wildman–Crippen MR) is 140 cm³/mol. The van der Waals surface area contributed by atoms with E-state index in [1.54, 1.807) is 14.1 Å². The van der Waals surface area contributed by atoms with E-state index in [2.05, 4.69) is 4.90 Å². The van der Waals surface area contributed by atoms with E-state index in [1.165, 1.54) is 23.8 Å². The number of nitrogens with zero attached hydrogens (tertiary/aromatic N) is 2. The highest BCUT2D eigenvalue weighted by Gasteiger charge is 2.69. The van der Waals surface area contributed by atoms with Crippen LogP contribution < -0.4 is 5.73 Å². The van der Waals surface area contributed by atoms with Gasteiger partial charge in [0.2, 0.25) is 5.91 Å². The molecule has 2 unspecified atom stereocenters. The third-order valence-electron chi connectivity index (χ3n) is 9.12. The van der Waals surface area contributed by atoms with Gasteiger partial charge in [-0.1, -0.05) is 18.5 Å². The summed E-state index contributed by atoms with van der Waals surface area (Å²) in [6.45, 7) is 4.26. The van der Waals surface area contributed by atoms with Crippen LogP contribution in [0.4, 0.5) is 0 Å². The smallest absolute Gasteiger partial charge is 0.235 e. The van der Waals surface area contributed by atoms with E-state index in [4.69, 9.17) is 17.3 Å². The molecule has 1 amide bonds. The maximum atomic E-state index is 13.9. The second-order valence-electron chi connectivity index (χ2n) is 11.8. The van der Waals surface area contributed by atoms with Crippen LogP contribution in [-0.4, -0.2) is 87.9 Å². The molecule has 4 N–H and O–H groups in total. The molecule has 0 saturated heterocycles. The Hall–Kier alpha value is -2.66. The van der Waals surface area contributed by atoms with Gasteiger partial charge in [-0.15, -0.1) is 0 Å². The quantitative estimate of drug-likeness (QED) is 0.410. The minimum Gasteiger partial charge on any atom is -0.507 e. The molecule has 3 saturated carbocycles. The standard InChI is InChI=1S/C28H34ClN3O7/c1-4-32(10-12-5-6-12)11-14-9-17(33)19-15(21(14)29)7-13-8-16-22(31(2)3)24(35)20(27(30)38)26(37)28(16,39)25(36)18(13)23(19)34/h9,12-13,16,18,20,22,33,39H,4-8,10-11H2,1-3H3,(H2,30,38)/t13-,16-,18?,20?,22-,28-/m0/s1. The first kappa shape index (κ1) is 27.9. The average molecular weight is 560 g/mol. The fourth-order valence-corrected chi connectivity index (χ4v) is 7.32. The molecule has 5 rings (SSSR count). The van der Waals surface area contributed by atoms with Gasteiger partial charge in [0.15, 0.2) is 34.7 Å². The van der Waals surface area contributed by atoms with Crippen LogP contribution in [0.3, 0.4) is 0 Å². The number of phenolic OH excluding ortho intramolecular Hbond substituents is 1. The lowest BCUT2D eigenvalue weighted by Gasteiger charge is -2.52. The molecule has 10 nitrogen and oxygen atoms in total. The van der Waals surface area contributed by atoms with Crippen LogP contribution in [0.5, 0.6) is 5.75 Å². The molecular formula is C28H34ClN3O7. The van der Waals surface area contributed by atoms with Crippen LogP contribution in [-0.2, 0) is 32.1 Å². The number of Topliss-reactive ketones (excluding diaryl/α,β-unsaturated/α-hetero) is 4. The number of phenols is 1. The van der Waals surface area contributed by atoms with Crippen LogP contribution in [0, 0.1) is 29.6 Å². The lowest BCUT2D eigenvalue weighted by molar-refractivity contribution is -0.181. The number of carbonyl (C=O) groups excluding carboxylic acids is 5. The summed E-state index contributed by atoms with van der Waals surface area (Å²) in [5.41, 5.74) is 3.64. The molecule has 0 heterocycles. The van der Waals surface area contributed by atoms with Crippen molar-refractivity contribution in [1.82, 2.24) is 9.80 Å². The second kappa shape index (κ2) is 9.76. The maximum Gasteiger partial charge on any atom is 0.235 e. The second-order valence-corrected chi connectivity index (χ2v) is 12.2. The largest absolute Gasteiger partial charge is 0.507 e. The van der Waals surface area contributed by atoms with Crippen molar-refractivity contribution in [2.45, 2.75) is 50.8 Å². The van der Waals surface area contributed by atoms with Crippen LogP contribution in [0.25, 0.3) is 0 Å². The Labute approximate surface area is 231 Å². The van der Waals surface area contributed by atoms with Crippen molar-refractivity contribution in [3.63, 3.8) is 0 Å². The molecule has 0 aromatic heterocycles. The molecular weight excluding hydrogens is 526 g/mol. The normalized spacial score (nSPS) is 32.3. The topological polar surface area (TPSA) is 158 Å². The van der Waals surface area contributed by atoms with E-state index in [0.29, 0.717) is 28.6 Å². The lowest BCUT2D eigenvalue weighted by Crippen LogP contribution is -2.74. The number of carbonyl (C=O) groups is 5. The van der Waals surface area contributed by atoms with Crippen LogP contribution >= 0.6 is 11.6 Å². The summed E-state index contributed by atoms with van der Waals surface area (Å²) in [6.07, 6.45) is 2.53. The molecule has 0 radical (unpaired) electrons. The third-order valence-corrected chi connectivity index (χ3v) is 9.59. The highest BCUT2D eigenvalue weighted by Crippen LogP contribution is 2.52. The SMILES string of the molecule is CCN(Cc1cc(O)c2c(c1Cl)C[C@H]1C[C@H]3[C@H](N(C)C)C(=O)C(C(N)=O)C(=O)[C@@]3(O)C(=O)C1C2=O)CC1CC1. The Morgan fingerprint density at radius 3 is 2.41 bits per heavy atom. The number of hydrogen-bond acceptors (Lipinski definition) is 9. The monoisotopic (exact) mass is 559 g/mol. The van der Waals surface area contributed by atoms with Crippen molar-refractivity contribution in [3.05, 3.63) is 27.8 Å². The third kappa shape index (κ3) is 4.23. The molecule has 6 atom stereocenters. The summed E-state index contributed by atoms with van der Waals surface area (Å²) in [5, 5.41) is 22.9. The van der Waals surface area contributed by atoms with Gasteiger partial charge in [-0.2, -0.15) is 0 Å². The molecule has 0 bridgehead atoms. The number of aliphatic hydroxyl groups is 1. The number of benzene rings is 1. The van der Waals surface area contributed by atoms with E-state index < -0.39 is 64.4 Å². The molecule has 210 valence electrons. The first-order chi connectivity index (χ1) is 18.3. The van der Waals surface area contributed by atoms with Gasteiger partial charge in [0.1, 0.15) is 5.75 Å². The van der Waals surface area contributed by atoms with E-state index in [1.807, 2.05) is 6.92 Å². The van der Waals surface area contributed by atoms with Gasteiger partial charge in [-0.25, -0.2) is 0 Å². The summed E-state index contributed by atoms with van der Waals surface area (Å²) < 4.78 is 0. The highest BCUT2D eigenvalue weighted by molar-refractivity contribution is 6.34. The van der Waals surface area contributed by atoms with Crippen LogP contribution in [0.2, 0.25) is 5.02 Å². The van der Waals surface area contributed by atoms with E-state index in [-0.39, 0.29) is 24.2 Å².